The summed E-state index contributed by atoms with van der Waals surface area (Å²) in [6.07, 6.45) is 0. The van der Waals surface area contributed by atoms with Gasteiger partial charge in [-0.3, -0.25) is 18.2 Å². The maximum Gasteiger partial charge on any atom is 1.00 e. The standard InChI is InChI=1S/3CHF3O3S.Li.H3O4P/c3*2-1(3,4)8(5,6)7;;1-5(2,3)4/h3*(H,5,6,7);;(H3,1,2,3,4)/q;;;+1;/p-1. The second-order valence-electron chi connectivity index (χ2n) is 3.25. The average Bonchev–Trinajstić information content (AvgIpc) is 2.18. The van der Waals surface area contributed by atoms with Crippen LogP contribution >= 0.6 is 7.82 Å². The fraction of sp³-hybridized carbons (Fsp3) is 1.00. The molecule has 0 spiro atoms. The summed E-state index contributed by atoms with van der Waals surface area (Å²) in [6, 6.07) is 0. The van der Waals surface area contributed by atoms with Gasteiger partial charge in [0.15, 0.2) is 0 Å². The van der Waals surface area contributed by atoms with E-state index < -0.39 is 54.7 Å². The fourth-order valence-corrected chi connectivity index (χ4v) is 0. The monoisotopic (exact) mass is 554 g/mol. The van der Waals surface area contributed by atoms with Crippen molar-refractivity contribution in [2.45, 2.75) is 16.5 Å². The van der Waals surface area contributed by atoms with Gasteiger partial charge in [-0.1, -0.05) is 0 Å². The molecule has 182 valence electrons. The Bertz CT molecular complexity index is 738. The van der Waals surface area contributed by atoms with Crippen LogP contribution in [0.25, 0.3) is 0 Å². The molecule has 27 heteroatoms. The van der Waals surface area contributed by atoms with Gasteiger partial charge < -0.3 is 14.7 Å². The molecular weight excluding hydrogens is 549 g/mol. The minimum absolute atomic E-state index is 0. The summed E-state index contributed by atoms with van der Waals surface area (Å²) >= 11 is 0. The van der Waals surface area contributed by atoms with Crippen LogP contribution < -0.4 is 23.8 Å². The molecule has 0 heterocycles. The van der Waals surface area contributed by atoms with Gasteiger partial charge in [-0.25, -0.2) is 0 Å². The number of hydrogen-bond acceptors (Lipinski definition) is 8. The Morgan fingerprint density at radius 2 is 0.600 bits per heavy atom. The van der Waals surface area contributed by atoms with Crippen molar-refractivity contribution in [3.8, 4) is 0 Å². The van der Waals surface area contributed by atoms with E-state index in [9.17, 15) is 39.5 Å². The van der Waals surface area contributed by atoms with Crippen LogP contribution in [0.5, 0.6) is 0 Å². The van der Waals surface area contributed by atoms with Gasteiger partial charge in [-0.05, 0) is 0 Å². The van der Waals surface area contributed by atoms with E-state index in [4.69, 9.17) is 58.2 Å². The van der Waals surface area contributed by atoms with E-state index in [-0.39, 0.29) is 18.9 Å². The molecule has 0 radical (unpaired) electrons. The van der Waals surface area contributed by atoms with Crippen LogP contribution in [0.15, 0.2) is 0 Å². The molecular formula is C3H5F9LiO13PS3. The number of phosphoric acid groups is 1. The van der Waals surface area contributed by atoms with Crippen LogP contribution in [0.2, 0.25) is 0 Å². The van der Waals surface area contributed by atoms with Crippen LogP contribution in [0.3, 0.4) is 0 Å². The van der Waals surface area contributed by atoms with E-state index in [1.54, 1.807) is 0 Å². The zero-order valence-electron chi connectivity index (χ0n) is 13.1. The van der Waals surface area contributed by atoms with Gasteiger partial charge in [0.1, 0.15) is 0 Å². The Kier molecular flexibility index (Phi) is 17.1. The second kappa shape index (κ2) is 12.7. The molecule has 0 aromatic heterocycles. The van der Waals surface area contributed by atoms with Crippen molar-refractivity contribution < 1.29 is 117 Å². The number of halogens is 9. The third kappa shape index (κ3) is 27.8. The van der Waals surface area contributed by atoms with Crippen LogP contribution in [-0.2, 0) is 34.9 Å². The van der Waals surface area contributed by atoms with Crippen molar-refractivity contribution in [3.05, 3.63) is 0 Å². The van der Waals surface area contributed by atoms with Gasteiger partial charge in [0.2, 0.25) is 0 Å². The largest absolute Gasteiger partial charge is 1.00 e. The first-order chi connectivity index (χ1) is 11.8. The summed E-state index contributed by atoms with van der Waals surface area (Å²) < 4.78 is 181. The first-order valence-electron chi connectivity index (χ1n) is 4.63. The average molecular weight is 554 g/mol. The maximum absolute atomic E-state index is 10.7. The van der Waals surface area contributed by atoms with Gasteiger partial charge in [0, 0.05) is 0 Å². The Labute approximate surface area is 171 Å². The van der Waals surface area contributed by atoms with Gasteiger partial charge in [0.05, 0.1) is 0 Å². The molecule has 0 unspecified atom stereocenters. The first kappa shape index (κ1) is 40.2. The molecule has 0 aromatic rings. The van der Waals surface area contributed by atoms with Crippen molar-refractivity contribution in [1.82, 2.24) is 0 Å². The molecule has 0 aromatic carbocycles. The van der Waals surface area contributed by atoms with Crippen molar-refractivity contribution >= 4 is 38.2 Å². The summed E-state index contributed by atoms with van der Waals surface area (Å²) in [6.45, 7) is 0. The Hall–Kier alpha value is -0.193. The Morgan fingerprint density at radius 1 is 0.567 bits per heavy atom. The summed E-state index contributed by atoms with van der Waals surface area (Å²) in [5.41, 5.74) is -16.6. The second-order valence-corrected chi connectivity index (χ2v) is 8.47. The fourth-order valence-electron chi connectivity index (χ4n) is 0. The summed E-state index contributed by atoms with van der Waals surface area (Å²) in [4.78, 5) is 22.9. The number of hydrogen-bond donors (Lipinski definition) is 5. The molecule has 30 heavy (non-hydrogen) atoms. The van der Waals surface area contributed by atoms with E-state index in [2.05, 4.69) is 0 Å². The maximum atomic E-state index is 10.7. The van der Waals surface area contributed by atoms with Crippen molar-refractivity contribution in [2.75, 3.05) is 0 Å². The SMILES string of the molecule is O=P([O-])(O)O.O=S(=O)(O)C(F)(F)F.O=S(=O)(O)C(F)(F)F.O=S(=O)(O)C(F)(F)F.[Li+]. The molecule has 0 rings (SSSR count). The molecule has 0 atom stereocenters. The summed E-state index contributed by atoms with van der Waals surface area (Å²) in [7, 11) is -22.4. The molecule has 0 saturated heterocycles. The molecule has 0 amide bonds. The molecule has 0 saturated carbocycles. The van der Waals surface area contributed by atoms with E-state index in [0.717, 1.165) is 0 Å². The molecule has 5 N–H and O–H groups in total. The van der Waals surface area contributed by atoms with Gasteiger partial charge in [-0.15, -0.1) is 0 Å². The normalized spacial score (nSPS) is 13.2. The van der Waals surface area contributed by atoms with E-state index in [0.29, 0.717) is 0 Å². The van der Waals surface area contributed by atoms with E-state index in [1.165, 1.54) is 0 Å². The van der Waals surface area contributed by atoms with Gasteiger partial charge >= 0.3 is 65.7 Å². The van der Waals surface area contributed by atoms with Gasteiger partial charge in [-0.2, -0.15) is 64.8 Å². The van der Waals surface area contributed by atoms with Crippen LogP contribution in [0, 0.1) is 0 Å². The molecule has 0 fully saturated rings. The smallest absolute Gasteiger partial charge is 0.756 e. The van der Waals surface area contributed by atoms with Crippen molar-refractivity contribution in [1.29, 1.82) is 0 Å². The quantitative estimate of drug-likeness (QED) is 0.0646. The van der Waals surface area contributed by atoms with Crippen LogP contribution in [0.1, 0.15) is 0 Å². The molecule has 13 nitrogen and oxygen atoms in total. The van der Waals surface area contributed by atoms with E-state index in [1.807, 2.05) is 0 Å². The predicted octanol–water partition coefficient (Wildman–Crippen LogP) is -3.37. The number of rotatable bonds is 0. The number of alkyl halides is 9. The topological polar surface area (TPSA) is 244 Å². The minimum atomic E-state index is -5.84. The predicted molar refractivity (Wildman–Crippen MR) is 64.9 cm³/mol. The third-order valence-corrected chi connectivity index (χ3v) is 2.63. The van der Waals surface area contributed by atoms with Crippen molar-refractivity contribution in [2.24, 2.45) is 0 Å². The zero-order valence-corrected chi connectivity index (χ0v) is 16.4. The zero-order chi connectivity index (χ0) is 25.5. The van der Waals surface area contributed by atoms with Crippen molar-refractivity contribution in [3.63, 3.8) is 0 Å². The van der Waals surface area contributed by atoms with Crippen LogP contribution in [-0.4, -0.2) is 65.2 Å². The Balaban J connectivity index is -0.0000000929. The van der Waals surface area contributed by atoms with Crippen LogP contribution in [0.4, 0.5) is 39.5 Å². The molecule has 0 bridgehead atoms. The summed E-state index contributed by atoms with van der Waals surface area (Å²) in [5, 5.41) is 0. The Morgan fingerprint density at radius 3 is 0.600 bits per heavy atom. The summed E-state index contributed by atoms with van der Waals surface area (Å²) in [5.74, 6) is 0. The van der Waals surface area contributed by atoms with E-state index >= 15 is 0 Å². The minimum Gasteiger partial charge on any atom is -0.756 e. The third-order valence-electron chi connectivity index (χ3n) is 0.877. The molecule has 0 aliphatic rings. The van der Waals surface area contributed by atoms with Gasteiger partial charge in [0.25, 0.3) is 7.82 Å². The molecule has 0 aliphatic heterocycles. The molecule has 0 aliphatic carbocycles. The first-order valence-corrected chi connectivity index (χ1v) is 10.5.